The molecule has 1 aromatic carbocycles. The molecule has 17 heavy (non-hydrogen) atoms. The van der Waals surface area contributed by atoms with Crippen LogP contribution >= 0.6 is 23.5 Å². The zero-order valence-electron chi connectivity index (χ0n) is 9.30. The fraction of sp³-hybridized carbons (Fsp3) is 0.364. The standard InChI is InChI=1S/C11H11F3OS2/c1-3-8(15)7-5-4-6-9(10(7)16-2)17-11(12,13)14/h4-6H,3H2,1-2H3. The maximum absolute atomic E-state index is 12.3. The van der Waals surface area contributed by atoms with Crippen LogP contribution in [0.2, 0.25) is 0 Å². The Balaban J connectivity index is 3.19. The summed E-state index contributed by atoms with van der Waals surface area (Å²) in [7, 11) is 0. The van der Waals surface area contributed by atoms with Crippen LogP contribution in [-0.4, -0.2) is 17.5 Å². The van der Waals surface area contributed by atoms with Gasteiger partial charge in [-0.05, 0) is 24.1 Å². The predicted octanol–water partition coefficient (Wildman–Crippen LogP) is 4.61. The lowest BCUT2D eigenvalue weighted by atomic mass is 10.1. The summed E-state index contributed by atoms with van der Waals surface area (Å²) in [5, 5.41) is 0. The predicted molar refractivity (Wildman–Crippen MR) is 64.8 cm³/mol. The van der Waals surface area contributed by atoms with Gasteiger partial charge in [0.2, 0.25) is 0 Å². The van der Waals surface area contributed by atoms with Crippen LogP contribution in [0.25, 0.3) is 0 Å². The topological polar surface area (TPSA) is 17.1 Å². The molecular weight excluding hydrogens is 269 g/mol. The highest BCUT2D eigenvalue weighted by Crippen LogP contribution is 2.42. The molecule has 0 saturated carbocycles. The van der Waals surface area contributed by atoms with Crippen molar-refractivity contribution in [3.05, 3.63) is 23.8 Å². The van der Waals surface area contributed by atoms with Crippen molar-refractivity contribution < 1.29 is 18.0 Å². The normalized spacial score (nSPS) is 11.6. The van der Waals surface area contributed by atoms with Crippen molar-refractivity contribution in [1.29, 1.82) is 0 Å². The number of ketones is 1. The van der Waals surface area contributed by atoms with Gasteiger partial charge in [-0.3, -0.25) is 4.79 Å². The Morgan fingerprint density at radius 1 is 1.35 bits per heavy atom. The Morgan fingerprint density at radius 2 is 2.00 bits per heavy atom. The molecule has 0 bridgehead atoms. The van der Waals surface area contributed by atoms with Crippen LogP contribution in [0.1, 0.15) is 23.7 Å². The average Bonchev–Trinajstić information content (AvgIpc) is 2.25. The number of hydrogen-bond donors (Lipinski definition) is 0. The largest absolute Gasteiger partial charge is 0.446 e. The number of carbonyl (C=O) groups excluding carboxylic acids is 1. The summed E-state index contributed by atoms with van der Waals surface area (Å²) in [6.45, 7) is 1.69. The minimum atomic E-state index is -4.33. The van der Waals surface area contributed by atoms with Gasteiger partial charge in [-0.1, -0.05) is 19.1 Å². The van der Waals surface area contributed by atoms with E-state index in [4.69, 9.17) is 0 Å². The molecule has 0 aliphatic rings. The van der Waals surface area contributed by atoms with Crippen LogP contribution in [0, 0.1) is 0 Å². The van der Waals surface area contributed by atoms with Crippen LogP contribution in [0.5, 0.6) is 0 Å². The van der Waals surface area contributed by atoms with Crippen molar-refractivity contribution >= 4 is 29.3 Å². The van der Waals surface area contributed by atoms with E-state index in [0.29, 0.717) is 10.5 Å². The summed E-state index contributed by atoms with van der Waals surface area (Å²) < 4.78 is 37.0. The van der Waals surface area contributed by atoms with E-state index in [-0.39, 0.29) is 28.9 Å². The Morgan fingerprint density at radius 3 is 2.47 bits per heavy atom. The molecule has 1 rings (SSSR count). The lowest BCUT2D eigenvalue weighted by Gasteiger charge is -2.12. The zero-order valence-corrected chi connectivity index (χ0v) is 10.9. The molecule has 0 unspecified atom stereocenters. The third-order valence-electron chi connectivity index (χ3n) is 2.03. The van der Waals surface area contributed by atoms with Gasteiger partial charge in [-0.15, -0.1) is 11.8 Å². The quantitative estimate of drug-likeness (QED) is 0.592. The number of Topliss-reactive ketones (excluding diaryl/α,β-unsaturated/α-hetero) is 1. The number of rotatable bonds is 4. The monoisotopic (exact) mass is 280 g/mol. The van der Waals surface area contributed by atoms with Crippen molar-refractivity contribution in [2.45, 2.75) is 28.6 Å². The molecule has 0 aliphatic carbocycles. The van der Waals surface area contributed by atoms with Crippen molar-refractivity contribution in [2.75, 3.05) is 6.26 Å². The molecule has 0 fully saturated rings. The summed E-state index contributed by atoms with van der Waals surface area (Å²) in [6, 6.07) is 4.44. The van der Waals surface area contributed by atoms with E-state index in [0.717, 1.165) is 11.8 Å². The molecule has 0 atom stereocenters. The van der Waals surface area contributed by atoms with Gasteiger partial charge in [0.15, 0.2) is 5.78 Å². The minimum absolute atomic E-state index is 0.0873. The molecule has 6 heteroatoms. The van der Waals surface area contributed by atoms with Crippen molar-refractivity contribution in [3.8, 4) is 0 Å². The van der Waals surface area contributed by atoms with Crippen LogP contribution < -0.4 is 0 Å². The first-order chi connectivity index (χ1) is 7.89. The molecule has 0 spiro atoms. The van der Waals surface area contributed by atoms with Crippen LogP contribution in [0.3, 0.4) is 0 Å². The number of hydrogen-bond acceptors (Lipinski definition) is 3. The number of carbonyl (C=O) groups is 1. The van der Waals surface area contributed by atoms with Crippen molar-refractivity contribution in [3.63, 3.8) is 0 Å². The summed E-state index contributed by atoms with van der Waals surface area (Å²) >= 11 is 0.986. The molecule has 0 amide bonds. The van der Waals surface area contributed by atoms with Crippen molar-refractivity contribution in [1.82, 2.24) is 0 Å². The average molecular weight is 280 g/mol. The maximum atomic E-state index is 12.3. The Kier molecular flexibility index (Phi) is 4.94. The first-order valence-corrected chi connectivity index (χ1v) is 6.89. The molecule has 0 saturated heterocycles. The van der Waals surface area contributed by atoms with E-state index in [1.54, 1.807) is 19.2 Å². The number of halogens is 3. The van der Waals surface area contributed by atoms with Gasteiger partial charge in [0.25, 0.3) is 0 Å². The first kappa shape index (κ1) is 14.4. The molecular formula is C11H11F3OS2. The van der Waals surface area contributed by atoms with Gasteiger partial charge in [-0.25, -0.2) is 0 Å². The number of alkyl halides is 3. The first-order valence-electron chi connectivity index (χ1n) is 4.85. The van der Waals surface area contributed by atoms with E-state index in [1.165, 1.54) is 12.1 Å². The fourth-order valence-corrected chi connectivity index (χ4v) is 2.99. The third kappa shape index (κ3) is 3.96. The summed E-state index contributed by atoms with van der Waals surface area (Å²) in [5.41, 5.74) is -3.97. The molecule has 1 aromatic rings. The summed E-state index contributed by atoms with van der Waals surface area (Å²) in [6.07, 6.45) is 1.95. The highest BCUT2D eigenvalue weighted by molar-refractivity contribution is 8.02. The molecule has 0 heterocycles. The highest BCUT2D eigenvalue weighted by atomic mass is 32.2. The Hall–Kier alpha value is -0.620. The number of benzene rings is 1. The van der Waals surface area contributed by atoms with E-state index >= 15 is 0 Å². The minimum Gasteiger partial charge on any atom is -0.294 e. The second-order valence-electron chi connectivity index (χ2n) is 3.16. The molecule has 1 nitrogen and oxygen atoms in total. The van der Waals surface area contributed by atoms with Gasteiger partial charge in [0.05, 0.1) is 0 Å². The maximum Gasteiger partial charge on any atom is 0.446 e. The lowest BCUT2D eigenvalue weighted by molar-refractivity contribution is -0.0329. The molecule has 94 valence electrons. The lowest BCUT2D eigenvalue weighted by Crippen LogP contribution is -2.03. The van der Waals surface area contributed by atoms with Gasteiger partial charge in [-0.2, -0.15) is 13.2 Å². The number of thioether (sulfide) groups is 2. The van der Waals surface area contributed by atoms with E-state index in [2.05, 4.69) is 0 Å². The molecule has 0 aliphatic heterocycles. The second-order valence-corrected chi connectivity index (χ2v) is 5.08. The third-order valence-corrected chi connectivity index (χ3v) is 3.80. The summed E-state index contributed by atoms with van der Waals surface area (Å²) in [4.78, 5) is 12.1. The van der Waals surface area contributed by atoms with Crippen LogP contribution in [0.15, 0.2) is 28.0 Å². The highest BCUT2D eigenvalue weighted by Gasteiger charge is 2.31. The molecule has 0 aromatic heterocycles. The SMILES string of the molecule is CCC(=O)c1cccc(SC(F)(F)F)c1SC. The molecule has 0 radical (unpaired) electrons. The van der Waals surface area contributed by atoms with Crippen LogP contribution in [0.4, 0.5) is 13.2 Å². The van der Waals surface area contributed by atoms with Gasteiger partial charge < -0.3 is 0 Å². The smallest absolute Gasteiger partial charge is 0.294 e. The molecule has 0 N–H and O–H groups in total. The van der Waals surface area contributed by atoms with Gasteiger partial charge in [0, 0.05) is 21.8 Å². The van der Waals surface area contributed by atoms with E-state index < -0.39 is 5.51 Å². The van der Waals surface area contributed by atoms with Crippen LogP contribution in [-0.2, 0) is 0 Å². The second kappa shape index (κ2) is 5.82. The van der Waals surface area contributed by atoms with E-state index in [1.807, 2.05) is 0 Å². The fourth-order valence-electron chi connectivity index (χ4n) is 1.34. The Bertz CT molecular complexity index is 416. The summed E-state index contributed by atoms with van der Waals surface area (Å²) in [5.74, 6) is -0.140. The Labute approximate surface area is 106 Å². The van der Waals surface area contributed by atoms with Crippen molar-refractivity contribution in [2.24, 2.45) is 0 Å². The van der Waals surface area contributed by atoms with Gasteiger partial charge in [0.1, 0.15) is 0 Å². The van der Waals surface area contributed by atoms with E-state index in [9.17, 15) is 18.0 Å². The zero-order chi connectivity index (χ0) is 13.1. The van der Waals surface area contributed by atoms with Gasteiger partial charge >= 0.3 is 5.51 Å².